The van der Waals surface area contributed by atoms with E-state index < -0.39 is 42.1 Å². The van der Waals surface area contributed by atoms with Crippen LogP contribution in [0.3, 0.4) is 0 Å². The number of ether oxygens (including phenoxy) is 1. The normalized spacial score (nSPS) is 14.1. The van der Waals surface area contributed by atoms with Crippen LogP contribution < -0.4 is 0 Å². The zero-order valence-electron chi connectivity index (χ0n) is 16.2. The van der Waals surface area contributed by atoms with E-state index >= 15 is 0 Å². The van der Waals surface area contributed by atoms with Gasteiger partial charge in [-0.15, -0.1) is 0 Å². The number of benzene rings is 2. The Bertz CT molecular complexity index is 1050. The number of ketones is 1. The van der Waals surface area contributed by atoms with E-state index in [1.807, 2.05) is 0 Å². The highest BCUT2D eigenvalue weighted by atomic mass is 35.5. The number of imide groups is 1. The number of esters is 1. The standard InChI is InChI=1S/C21H15Cl4NO5/c1-9(2)18(21(30)31-8-11(27)10-6-4-3-5-7-10)26-19(28)12-13(20(26)29)15(23)17(25)16(24)14(12)22/h3-7,9,18H,8H2,1-2H3/t18-/m0/s1. The van der Waals surface area contributed by atoms with Gasteiger partial charge in [0.25, 0.3) is 11.8 Å². The first-order valence-electron chi connectivity index (χ1n) is 9.06. The quantitative estimate of drug-likeness (QED) is 0.175. The van der Waals surface area contributed by atoms with Crippen molar-refractivity contribution in [1.82, 2.24) is 4.90 Å². The van der Waals surface area contributed by atoms with Gasteiger partial charge in [0.15, 0.2) is 12.4 Å². The summed E-state index contributed by atoms with van der Waals surface area (Å²) in [6.07, 6.45) is 0. The molecule has 1 heterocycles. The Labute approximate surface area is 197 Å². The molecule has 1 aliphatic rings. The van der Waals surface area contributed by atoms with Crippen LogP contribution in [0.2, 0.25) is 20.1 Å². The first-order chi connectivity index (χ1) is 14.6. The van der Waals surface area contributed by atoms with Crippen LogP contribution in [0.1, 0.15) is 44.9 Å². The van der Waals surface area contributed by atoms with E-state index in [0.29, 0.717) is 5.56 Å². The van der Waals surface area contributed by atoms with E-state index in [4.69, 9.17) is 51.1 Å². The predicted octanol–water partition coefficient (Wildman–Crippen LogP) is 5.35. The average Bonchev–Trinajstić information content (AvgIpc) is 3.00. The Morgan fingerprint density at radius 3 is 1.81 bits per heavy atom. The van der Waals surface area contributed by atoms with Crippen LogP contribution in [0.4, 0.5) is 0 Å². The lowest BCUT2D eigenvalue weighted by molar-refractivity contribution is -0.148. The van der Waals surface area contributed by atoms with E-state index in [0.717, 1.165) is 4.90 Å². The molecule has 2 aromatic rings. The number of carbonyl (C=O) groups excluding carboxylic acids is 4. The molecule has 2 amide bonds. The van der Waals surface area contributed by atoms with Crippen LogP contribution in [-0.2, 0) is 9.53 Å². The average molecular weight is 503 g/mol. The third-order valence-corrected chi connectivity index (χ3v) is 6.53. The van der Waals surface area contributed by atoms with Crippen LogP contribution in [0.5, 0.6) is 0 Å². The number of amides is 2. The van der Waals surface area contributed by atoms with Gasteiger partial charge < -0.3 is 4.74 Å². The second-order valence-electron chi connectivity index (χ2n) is 7.07. The molecule has 1 atom stereocenters. The van der Waals surface area contributed by atoms with Crippen molar-refractivity contribution in [2.45, 2.75) is 19.9 Å². The lowest BCUT2D eigenvalue weighted by atomic mass is 10.0. The van der Waals surface area contributed by atoms with E-state index in [-0.39, 0.29) is 31.2 Å². The number of nitrogens with zero attached hydrogens (tertiary/aromatic N) is 1. The number of rotatable bonds is 6. The summed E-state index contributed by atoms with van der Waals surface area (Å²) in [6, 6.07) is 6.94. The molecule has 162 valence electrons. The molecule has 1 aliphatic heterocycles. The molecule has 0 aliphatic carbocycles. The summed E-state index contributed by atoms with van der Waals surface area (Å²) in [6.45, 7) is 2.70. The molecule has 10 heteroatoms. The molecular weight excluding hydrogens is 488 g/mol. The predicted molar refractivity (Wildman–Crippen MR) is 117 cm³/mol. The second-order valence-corrected chi connectivity index (χ2v) is 8.58. The Hall–Kier alpha value is -2.12. The summed E-state index contributed by atoms with van der Waals surface area (Å²) in [4.78, 5) is 51.9. The maximum absolute atomic E-state index is 13.0. The maximum atomic E-state index is 13.0. The first kappa shape index (κ1) is 23.5. The van der Waals surface area contributed by atoms with Crippen molar-refractivity contribution in [1.29, 1.82) is 0 Å². The Kier molecular flexibility index (Phi) is 6.96. The number of Topliss-reactive ketones (excluding diaryl/α,β-unsaturated/α-hetero) is 1. The van der Waals surface area contributed by atoms with Gasteiger partial charge in [-0.25, -0.2) is 4.79 Å². The fourth-order valence-corrected chi connectivity index (χ4v) is 4.24. The molecule has 0 fully saturated rings. The van der Waals surface area contributed by atoms with Crippen molar-refractivity contribution in [2.75, 3.05) is 6.61 Å². The molecule has 0 saturated heterocycles. The Morgan fingerprint density at radius 1 is 0.871 bits per heavy atom. The Morgan fingerprint density at radius 2 is 1.35 bits per heavy atom. The molecular formula is C21H15Cl4NO5. The molecule has 0 bridgehead atoms. The number of hydrogen-bond donors (Lipinski definition) is 0. The molecule has 0 radical (unpaired) electrons. The van der Waals surface area contributed by atoms with Crippen LogP contribution in [-0.4, -0.2) is 41.1 Å². The number of hydrogen-bond acceptors (Lipinski definition) is 5. The van der Waals surface area contributed by atoms with E-state index in [1.54, 1.807) is 44.2 Å². The summed E-state index contributed by atoms with van der Waals surface area (Å²) >= 11 is 24.3. The van der Waals surface area contributed by atoms with Crippen molar-refractivity contribution < 1.29 is 23.9 Å². The van der Waals surface area contributed by atoms with Gasteiger partial charge in [0.2, 0.25) is 0 Å². The van der Waals surface area contributed by atoms with Gasteiger partial charge in [-0.2, -0.15) is 0 Å². The molecule has 3 rings (SSSR count). The fraction of sp³-hybridized carbons (Fsp3) is 0.238. The van der Waals surface area contributed by atoms with Gasteiger partial charge in [-0.3, -0.25) is 19.3 Å². The van der Waals surface area contributed by atoms with E-state index in [2.05, 4.69) is 0 Å². The molecule has 6 nitrogen and oxygen atoms in total. The SMILES string of the molecule is CC(C)[C@@H](C(=O)OCC(=O)c1ccccc1)N1C(=O)c2c(Cl)c(Cl)c(Cl)c(Cl)c2C1=O. The van der Waals surface area contributed by atoms with E-state index in [9.17, 15) is 19.2 Å². The molecule has 0 spiro atoms. The molecule has 2 aromatic carbocycles. The largest absolute Gasteiger partial charge is 0.456 e. The smallest absolute Gasteiger partial charge is 0.330 e. The summed E-state index contributed by atoms with van der Waals surface area (Å²) in [5, 5.41) is -0.816. The number of halogens is 4. The van der Waals surface area contributed by atoms with Crippen molar-refractivity contribution in [3.8, 4) is 0 Å². The van der Waals surface area contributed by atoms with E-state index in [1.165, 1.54) is 0 Å². The zero-order chi connectivity index (χ0) is 23.0. The van der Waals surface area contributed by atoms with Crippen LogP contribution in [0.15, 0.2) is 30.3 Å². The van der Waals surface area contributed by atoms with Gasteiger partial charge in [0.1, 0.15) is 6.04 Å². The van der Waals surface area contributed by atoms with Crippen molar-refractivity contribution in [3.05, 3.63) is 67.1 Å². The van der Waals surface area contributed by atoms with Crippen molar-refractivity contribution >= 4 is 70.0 Å². The highest BCUT2D eigenvalue weighted by molar-refractivity contribution is 6.55. The second kappa shape index (κ2) is 9.17. The summed E-state index contributed by atoms with van der Waals surface area (Å²) in [7, 11) is 0. The van der Waals surface area contributed by atoms with Gasteiger partial charge in [0.05, 0.1) is 31.2 Å². The maximum Gasteiger partial charge on any atom is 0.330 e. The molecule has 0 aromatic heterocycles. The molecule has 0 saturated carbocycles. The molecule has 31 heavy (non-hydrogen) atoms. The minimum Gasteiger partial charge on any atom is -0.456 e. The number of carbonyl (C=O) groups is 4. The summed E-state index contributed by atoms with van der Waals surface area (Å²) < 4.78 is 5.14. The summed E-state index contributed by atoms with van der Waals surface area (Å²) in [5.41, 5.74) is -0.102. The van der Waals surface area contributed by atoms with Gasteiger partial charge in [0, 0.05) is 5.56 Å². The molecule has 0 N–H and O–H groups in total. The van der Waals surface area contributed by atoms with Crippen molar-refractivity contribution in [3.63, 3.8) is 0 Å². The Balaban J connectivity index is 1.89. The highest BCUT2D eigenvalue weighted by Crippen LogP contribution is 2.45. The van der Waals surface area contributed by atoms with Crippen LogP contribution in [0, 0.1) is 5.92 Å². The van der Waals surface area contributed by atoms with Crippen molar-refractivity contribution in [2.24, 2.45) is 5.92 Å². The minimum absolute atomic E-state index is 0.174. The zero-order valence-corrected chi connectivity index (χ0v) is 19.3. The van der Waals surface area contributed by atoms with Crippen LogP contribution >= 0.6 is 46.4 Å². The van der Waals surface area contributed by atoms with Gasteiger partial charge in [-0.1, -0.05) is 90.6 Å². The minimum atomic E-state index is -1.32. The highest BCUT2D eigenvalue weighted by Gasteiger charge is 2.48. The lowest BCUT2D eigenvalue weighted by Gasteiger charge is -2.27. The number of fused-ring (bicyclic) bond motifs is 1. The van der Waals surface area contributed by atoms with Crippen LogP contribution in [0.25, 0.3) is 0 Å². The topological polar surface area (TPSA) is 80.8 Å². The first-order valence-corrected chi connectivity index (χ1v) is 10.6. The third-order valence-electron chi connectivity index (χ3n) is 4.72. The summed E-state index contributed by atoms with van der Waals surface area (Å²) in [5.74, 6) is -3.59. The monoisotopic (exact) mass is 501 g/mol. The molecule has 0 unspecified atom stereocenters. The van der Waals surface area contributed by atoms with Gasteiger partial charge in [-0.05, 0) is 5.92 Å². The fourth-order valence-electron chi connectivity index (χ4n) is 3.22. The third kappa shape index (κ3) is 4.17. The lowest BCUT2D eigenvalue weighted by Crippen LogP contribution is -2.49. The van der Waals surface area contributed by atoms with Gasteiger partial charge >= 0.3 is 5.97 Å².